The lowest BCUT2D eigenvalue weighted by molar-refractivity contribution is 0.0733. The van der Waals surface area contributed by atoms with Crippen molar-refractivity contribution in [2.24, 2.45) is 0 Å². The summed E-state index contributed by atoms with van der Waals surface area (Å²) in [7, 11) is 0. The molecule has 4 heterocycles. The second-order valence-electron chi connectivity index (χ2n) is 11.3. The summed E-state index contributed by atoms with van der Waals surface area (Å²) in [4.78, 5) is 34.4. The first-order valence-electron chi connectivity index (χ1n) is 14.7. The SMILES string of the molecule is Cc1csc(C2CCCN2C(=O)c2cc(C(=O)N[C@@H](Cc3ccccc3)[C@H](O)C3CCCN3)cc(-n3cccc3)c2)n1. The van der Waals surface area contributed by atoms with Crippen LogP contribution in [0.15, 0.2) is 78.4 Å². The molecular weight excluding hydrogens is 546 g/mol. The molecule has 3 N–H and O–H groups in total. The largest absolute Gasteiger partial charge is 0.389 e. The fourth-order valence-electron chi connectivity index (χ4n) is 6.14. The number of nitrogens with one attached hydrogen (secondary N) is 2. The Bertz CT molecular complexity index is 1510. The third-order valence-corrected chi connectivity index (χ3v) is 9.37. The lowest BCUT2D eigenvalue weighted by Crippen LogP contribution is -2.52. The van der Waals surface area contributed by atoms with E-state index >= 15 is 0 Å². The van der Waals surface area contributed by atoms with Gasteiger partial charge in [0.15, 0.2) is 0 Å². The van der Waals surface area contributed by atoms with Crippen molar-refractivity contribution in [2.75, 3.05) is 13.1 Å². The number of carbonyl (C=O) groups excluding carboxylic acids is 2. The van der Waals surface area contributed by atoms with Crippen molar-refractivity contribution in [3.05, 3.63) is 106 Å². The number of aliphatic hydroxyl groups excluding tert-OH is 1. The Labute approximate surface area is 250 Å². The number of carbonyl (C=O) groups is 2. The van der Waals surface area contributed by atoms with Crippen LogP contribution in [0.2, 0.25) is 0 Å². The topological polar surface area (TPSA) is 99.5 Å². The molecule has 2 aliphatic rings. The van der Waals surface area contributed by atoms with Crippen LogP contribution in [0.1, 0.15) is 68.7 Å². The summed E-state index contributed by atoms with van der Waals surface area (Å²) in [6.07, 6.45) is 7.18. The zero-order valence-corrected chi connectivity index (χ0v) is 24.6. The Kier molecular flexibility index (Phi) is 8.51. The van der Waals surface area contributed by atoms with E-state index < -0.39 is 12.1 Å². The van der Waals surface area contributed by atoms with Gasteiger partial charge in [0.25, 0.3) is 11.8 Å². The van der Waals surface area contributed by atoms with Gasteiger partial charge < -0.3 is 25.2 Å². The summed E-state index contributed by atoms with van der Waals surface area (Å²) in [5.74, 6) is -0.422. The van der Waals surface area contributed by atoms with Gasteiger partial charge >= 0.3 is 0 Å². The van der Waals surface area contributed by atoms with Gasteiger partial charge in [0.2, 0.25) is 0 Å². The normalized spacial score (nSPS) is 20.0. The van der Waals surface area contributed by atoms with Crippen LogP contribution in [-0.4, -0.2) is 62.6 Å². The highest BCUT2D eigenvalue weighted by molar-refractivity contribution is 7.09. The summed E-state index contributed by atoms with van der Waals surface area (Å²) in [6, 6.07) is 18.4. The molecule has 4 aromatic rings. The number of amides is 2. The van der Waals surface area contributed by atoms with Crippen LogP contribution >= 0.6 is 11.3 Å². The first-order chi connectivity index (χ1) is 20.5. The van der Waals surface area contributed by atoms with Crippen molar-refractivity contribution in [1.82, 2.24) is 25.1 Å². The summed E-state index contributed by atoms with van der Waals surface area (Å²) in [5.41, 5.74) is 3.57. The van der Waals surface area contributed by atoms with Crippen LogP contribution in [0, 0.1) is 6.92 Å². The number of likely N-dealkylation sites (tertiary alicyclic amines) is 1. The second kappa shape index (κ2) is 12.6. The average Bonchev–Trinajstić information content (AvgIpc) is 3.84. The van der Waals surface area contributed by atoms with E-state index in [1.54, 1.807) is 23.5 Å². The summed E-state index contributed by atoms with van der Waals surface area (Å²) < 4.78 is 1.90. The Hall–Kier alpha value is -3.79. The fourth-order valence-corrected chi connectivity index (χ4v) is 7.08. The Balaban J connectivity index is 1.30. The molecule has 2 fully saturated rings. The van der Waals surface area contributed by atoms with Crippen LogP contribution < -0.4 is 10.6 Å². The van der Waals surface area contributed by atoms with Gasteiger partial charge in [0.05, 0.1) is 18.2 Å². The smallest absolute Gasteiger partial charge is 0.254 e. The molecule has 4 atom stereocenters. The molecule has 0 radical (unpaired) electrons. The van der Waals surface area contributed by atoms with Crippen LogP contribution in [0.4, 0.5) is 0 Å². The van der Waals surface area contributed by atoms with E-state index in [9.17, 15) is 14.7 Å². The minimum Gasteiger partial charge on any atom is -0.389 e. The molecule has 2 aromatic heterocycles. The van der Waals surface area contributed by atoms with Gasteiger partial charge in [0.1, 0.15) is 5.01 Å². The van der Waals surface area contributed by atoms with Crippen molar-refractivity contribution in [3.8, 4) is 5.69 Å². The molecule has 9 heteroatoms. The first kappa shape index (κ1) is 28.3. The third kappa shape index (κ3) is 6.18. The highest BCUT2D eigenvalue weighted by atomic mass is 32.1. The number of benzene rings is 2. The van der Waals surface area contributed by atoms with Gasteiger partial charge in [-0.15, -0.1) is 11.3 Å². The number of aromatic nitrogens is 2. The minimum atomic E-state index is -0.752. The number of hydrogen-bond donors (Lipinski definition) is 3. The maximum atomic E-state index is 14.0. The van der Waals surface area contributed by atoms with Gasteiger partial charge in [-0.05, 0) is 81.5 Å². The average molecular weight is 584 g/mol. The van der Waals surface area contributed by atoms with Crippen LogP contribution in [-0.2, 0) is 6.42 Å². The molecule has 2 unspecified atom stereocenters. The Morgan fingerprint density at radius 3 is 2.57 bits per heavy atom. The highest BCUT2D eigenvalue weighted by Gasteiger charge is 2.34. The zero-order chi connectivity index (χ0) is 29.1. The zero-order valence-electron chi connectivity index (χ0n) is 23.8. The summed E-state index contributed by atoms with van der Waals surface area (Å²) in [6.45, 7) is 3.48. The molecule has 6 rings (SSSR count). The van der Waals surface area contributed by atoms with E-state index in [0.29, 0.717) is 24.1 Å². The van der Waals surface area contributed by atoms with Crippen LogP contribution in [0.3, 0.4) is 0 Å². The van der Waals surface area contributed by atoms with Crippen molar-refractivity contribution in [3.63, 3.8) is 0 Å². The minimum absolute atomic E-state index is 0.0620. The number of nitrogens with zero attached hydrogens (tertiary/aromatic N) is 3. The molecular formula is C33H37N5O3S. The fraction of sp³-hybridized carbons (Fsp3) is 0.364. The molecule has 2 aromatic carbocycles. The predicted molar refractivity (Wildman–Crippen MR) is 164 cm³/mol. The maximum absolute atomic E-state index is 14.0. The van der Waals surface area contributed by atoms with E-state index in [2.05, 4.69) is 15.6 Å². The Morgan fingerprint density at radius 1 is 1.07 bits per heavy atom. The molecule has 0 bridgehead atoms. The predicted octanol–water partition coefficient (Wildman–Crippen LogP) is 4.67. The molecule has 2 saturated heterocycles. The van der Waals surface area contributed by atoms with Gasteiger partial charge in [-0.25, -0.2) is 4.98 Å². The van der Waals surface area contributed by atoms with Crippen molar-refractivity contribution >= 4 is 23.2 Å². The lowest BCUT2D eigenvalue weighted by atomic mass is 9.95. The third-order valence-electron chi connectivity index (χ3n) is 8.30. The van der Waals surface area contributed by atoms with Crippen molar-refractivity contribution in [1.29, 1.82) is 0 Å². The summed E-state index contributed by atoms with van der Waals surface area (Å²) >= 11 is 1.59. The molecule has 0 spiro atoms. The van der Waals surface area contributed by atoms with Crippen LogP contribution in [0.25, 0.3) is 5.69 Å². The van der Waals surface area contributed by atoms with Gasteiger partial charge in [-0.1, -0.05) is 30.3 Å². The van der Waals surface area contributed by atoms with E-state index in [1.165, 1.54) is 0 Å². The summed E-state index contributed by atoms with van der Waals surface area (Å²) in [5, 5.41) is 20.8. The number of rotatable bonds is 9. The highest BCUT2D eigenvalue weighted by Crippen LogP contribution is 2.35. The van der Waals surface area contributed by atoms with Gasteiger partial charge in [-0.3, -0.25) is 9.59 Å². The van der Waals surface area contributed by atoms with E-state index in [4.69, 9.17) is 0 Å². The van der Waals surface area contributed by atoms with Crippen molar-refractivity contribution in [2.45, 2.75) is 63.3 Å². The van der Waals surface area contributed by atoms with Crippen molar-refractivity contribution < 1.29 is 14.7 Å². The quantitative estimate of drug-likeness (QED) is 0.266. The molecule has 0 saturated carbocycles. The molecule has 42 heavy (non-hydrogen) atoms. The van der Waals surface area contributed by atoms with Crippen LogP contribution in [0.5, 0.6) is 0 Å². The van der Waals surface area contributed by atoms with E-state index in [0.717, 1.165) is 54.2 Å². The number of hydrogen-bond acceptors (Lipinski definition) is 6. The molecule has 2 aliphatic heterocycles. The number of thiazole rings is 1. The molecule has 2 amide bonds. The molecule has 0 aliphatic carbocycles. The maximum Gasteiger partial charge on any atom is 0.254 e. The first-order valence-corrected chi connectivity index (χ1v) is 15.6. The number of aliphatic hydroxyl groups is 1. The van der Waals surface area contributed by atoms with E-state index in [1.807, 2.05) is 82.7 Å². The number of aryl methyl sites for hydroxylation is 1. The standard InChI is InChI=1S/C33H37N5O3S/c1-22-21-42-32(35-22)29-12-8-16-38(29)33(41)25-18-24(19-26(20-25)37-14-5-6-15-37)31(40)36-28(17-23-9-3-2-4-10-23)30(39)27-11-7-13-34-27/h2-6,9-10,14-15,18-21,27-30,34,39H,7-8,11-13,16-17H2,1H3,(H,36,40)/t27?,28-,29?,30+/m0/s1. The Morgan fingerprint density at radius 2 is 1.86 bits per heavy atom. The van der Waals surface area contributed by atoms with Gasteiger partial charge in [-0.2, -0.15) is 0 Å². The van der Waals surface area contributed by atoms with Gasteiger partial charge in [0, 0.05) is 52.9 Å². The van der Waals surface area contributed by atoms with E-state index in [-0.39, 0.29) is 23.9 Å². The lowest BCUT2D eigenvalue weighted by Gasteiger charge is -2.29. The molecule has 218 valence electrons. The monoisotopic (exact) mass is 583 g/mol. The second-order valence-corrected chi connectivity index (χ2v) is 12.2. The molecule has 8 nitrogen and oxygen atoms in total.